The van der Waals surface area contributed by atoms with E-state index in [4.69, 9.17) is 4.74 Å². The van der Waals surface area contributed by atoms with Crippen molar-refractivity contribution in [1.29, 1.82) is 0 Å². The molecule has 2 atom stereocenters. The molecule has 1 aliphatic carbocycles. The summed E-state index contributed by atoms with van der Waals surface area (Å²) in [5, 5.41) is 2.69. The number of nitrogens with one attached hydrogen (secondary N) is 1. The van der Waals surface area contributed by atoms with Crippen LogP contribution in [0.15, 0.2) is 30.3 Å². The lowest BCUT2D eigenvalue weighted by molar-refractivity contribution is -0.136. The van der Waals surface area contributed by atoms with Gasteiger partial charge in [-0.3, -0.25) is 14.4 Å². The summed E-state index contributed by atoms with van der Waals surface area (Å²) in [6.45, 7) is 1.32. The Hall–Kier alpha value is -2.21. The second-order valence-electron chi connectivity index (χ2n) is 6.10. The van der Waals surface area contributed by atoms with Crippen molar-refractivity contribution in [3.05, 3.63) is 35.9 Å². The smallest absolute Gasteiger partial charge is 0.239 e. The molecule has 0 bridgehead atoms. The number of ether oxygens (including phenoxy) is 1. The number of piperidine rings is 1. The maximum Gasteiger partial charge on any atom is 0.239 e. The number of Topliss-reactive ketones (excluding diaryl/α,β-unsaturated/α-hetero) is 1. The minimum Gasteiger partial charge on any atom is -0.383 e. The van der Waals surface area contributed by atoms with Gasteiger partial charge in [-0.1, -0.05) is 30.3 Å². The minimum atomic E-state index is -0.922. The molecule has 1 aromatic carbocycles. The molecule has 0 radical (unpaired) electrons. The number of carbonyl (C=O) groups excluding carboxylic acids is 3. The number of likely N-dealkylation sites (tertiary alicyclic amines) is 1. The Morgan fingerprint density at radius 3 is 2.78 bits per heavy atom. The maximum atomic E-state index is 12.7. The van der Waals surface area contributed by atoms with Crippen molar-refractivity contribution in [2.45, 2.75) is 6.42 Å². The summed E-state index contributed by atoms with van der Waals surface area (Å²) in [5.74, 6) is -0.512. The Kier molecular flexibility index (Phi) is 4.17. The number of hydrogen-bond acceptors (Lipinski definition) is 4. The van der Waals surface area contributed by atoms with Crippen LogP contribution >= 0.6 is 0 Å². The van der Waals surface area contributed by atoms with Gasteiger partial charge in [0, 0.05) is 25.8 Å². The molecule has 2 unspecified atom stereocenters. The molecule has 122 valence electrons. The Labute approximate surface area is 134 Å². The number of benzene rings is 1. The third kappa shape index (κ3) is 2.74. The molecule has 0 aromatic heterocycles. The van der Waals surface area contributed by atoms with Crippen molar-refractivity contribution in [2.75, 3.05) is 33.4 Å². The molecule has 23 heavy (non-hydrogen) atoms. The highest BCUT2D eigenvalue weighted by molar-refractivity contribution is 6.18. The lowest BCUT2D eigenvalue weighted by Crippen LogP contribution is -2.42. The van der Waals surface area contributed by atoms with E-state index >= 15 is 0 Å². The van der Waals surface area contributed by atoms with E-state index in [9.17, 15) is 14.4 Å². The third-order valence-electron chi connectivity index (χ3n) is 4.62. The van der Waals surface area contributed by atoms with Crippen LogP contribution in [-0.2, 0) is 14.3 Å². The van der Waals surface area contributed by atoms with Crippen LogP contribution in [0.25, 0.3) is 0 Å². The molecule has 1 heterocycles. The van der Waals surface area contributed by atoms with Gasteiger partial charge in [-0.05, 0) is 12.3 Å². The fraction of sp³-hybridized carbons (Fsp3) is 0.471. The van der Waals surface area contributed by atoms with E-state index in [2.05, 4.69) is 5.32 Å². The summed E-state index contributed by atoms with van der Waals surface area (Å²) in [6, 6.07) is 8.90. The van der Waals surface area contributed by atoms with E-state index in [-0.39, 0.29) is 30.1 Å². The first-order chi connectivity index (χ1) is 11.1. The molecule has 0 spiro atoms. The first-order valence-electron chi connectivity index (χ1n) is 7.74. The quantitative estimate of drug-likeness (QED) is 0.451. The van der Waals surface area contributed by atoms with Crippen LogP contribution in [0.1, 0.15) is 16.8 Å². The van der Waals surface area contributed by atoms with Gasteiger partial charge in [0.15, 0.2) is 5.78 Å². The van der Waals surface area contributed by atoms with Gasteiger partial charge in [-0.15, -0.1) is 0 Å². The third-order valence-corrected chi connectivity index (χ3v) is 4.62. The summed E-state index contributed by atoms with van der Waals surface area (Å²) in [7, 11) is 1.56. The molecular weight excluding hydrogens is 296 g/mol. The maximum absolute atomic E-state index is 12.7. The fourth-order valence-corrected chi connectivity index (χ4v) is 3.32. The summed E-state index contributed by atoms with van der Waals surface area (Å²) in [5.41, 5.74) is -0.358. The summed E-state index contributed by atoms with van der Waals surface area (Å²) >= 11 is 0. The zero-order chi connectivity index (χ0) is 16.4. The second kappa shape index (κ2) is 6.12. The Balaban J connectivity index is 1.63. The molecule has 1 aliphatic heterocycles. The van der Waals surface area contributed by atoms with Crippen LogP contribution in [0, 0.1) is 11.3 Å². The molecule has 2 amide bonds. The molecule has 2 fully saturated rings. The van der Waals surface area contributed by atoms with Gasteiger partial charge >= 0.3 is 0 Å². The van der Waals surface area contributed by atoms with Gasteiger partial charge in [-0.25, -0.2) is 0 Å². The highest BCUT2D eigenvalue weighted by Crippen LogP contribution is 2.60. The molecule has 6 heteroatoms. The van der Waals surface area contributed by atoms with E-state index in [0.29, 0.717) is 31.7 Å². The zero-order valence-electron chi connectivity index (χ0n) is 13.1. The van der Waals surface area contributed by atoms with Crippen LogP contribution in [-0.4, -0.2) is 55.8 Å². The predicted molar refractivity (Wildman–Crippen MR) is 82.8 cm³/mol. The van der Waals surface area contributed by atoms with Crippen LogP contribution in [0.4, 0.5) is 0 Å². The Morgan fingerprint density at radius 1 is 1.35 bits per heavy atom. The van der Waals surface area contributed by atoms with Crippen LogP contribution in [0.5, 0.6) is 0 Å². The summed E-state index contributed by atoms with van der Waals surface area (Å²) in [6.07, 6.45) is 0.599. The van der Waals surface area contributed by atoms with Gasteiger partial charge in [-0.2, -0.15) is 0 Å². The van der Waals surface area contributed by atoms with Gasteiger partial charge in [0.2, 0.25) is 11.8 Å². The van der Waals surface area contributed by atoms with Crippen LogP contribution < -0.4 is 5.32 Å². The molecule has 1 N–H and O–H groups in total. The van der Waals surface area contributed by atoms with E-state index in [1.165, 1.54) is 4.90 Å². The number of amides is 2. The number of nitrogens with zero attached hydrogens (tertiary/aromatic N) is 1. The van der Waals surface area contributed by atoms with Crippen molar-refractivity contribution in [1.82, 2.24) is 10.2 Å². The standard InChI is InChI=1S/C17H20N2O4/c1-23-8-7-18-14(20)11-19-10-13-9-17(13,16(19)22)15(21)12-5-3-2-4-6-12/h2-6,13H,7-11H2,1H3,(H,18,20). The average Bonchev–Trinajstić information content (AvgIpc) is 3.22. The minimum absolute atomic E-state index is 0.00284. The van der Waals surface area contributed by atoms with Crippen molar-refractivity contribution < 1.29 is 19.1 Å². The topological polar surface area (TPSA) is 75.7 Å². The van der Waals surface area contributed by atoms with Gasteiger partial charge in [0.25, 0.3) is 0 Å². The molecular formula is C17H20N2O4. The molecule has 1 saturated heterocycles. The summed E-state index contributed by atoms with van der Waals surface area (Å²) in [4.78, 5) is 38.7. The molecule has 1 saturated carbocycles. The second-order valence-corrected chi connectivity index (χ2v) is 6.10. The van der Waals surface area contributed by atoms with Crippen LogP contribution in [0.2, 0.25) is 0 Å². The fourth-order valence-electron chi connectivity index (χ4n) is 3.32. The van der Waals surface area contributed by atoms with E-state index in [0.717, 1.165) is 0 Å². The Bertz CT molecular complexity index is 631. The predicted octanol–water partition coefficient (Wildman–Crippen LogP) is 0.480. The number of rotatable bonds is 7. The molecule has 3 rings (SSSR count). The van der Waals surface area contributed by atoms with Crippen molar-refractivity contribution in [3.63, 3.8) is 0 Å². The first kappa shape index (κ1) is 15.7. The lowest BCUT2D eigenvalue weighted by atomic mass is 9.93. The molecule has 1 aromatic rings. The first-order valence-corrected chi connectivity index (χ1v) is 7.74. The zero-order valence-corrected chi connectivity index (χ0v) is 13.1. The normalized spacial score (nSPS) is 25.2. The van der Waals surface area contributed by atoms with E-state index < -0.39 is 5.41 Å². The number of ketones is 1. The van der Waals surface area contributed by atoms with Crippen LogP contribution in [0.3, 0.4) is 0 Å². The number of fused-ring (bicyclic) bond motifs is 1. The lowest BCUT2D eigenvalue weighted by Gasteiger charge is -2.20. The number of hydrogen-bond donors (Lipinski definition) is 1. The molecule has 6 nitrogen and oxygen atoms in total. The van der Waals surface area contributed by atoms with Gasteiger partial charge in [0.1, 0.15) is 5.41 Å². The number of carbonyl (C=O) groups is 3. The SMILES string of the molecule is COCCNC(=O)CN1CC2CC2(C(=O)c2ccccc2)C1=O. The number of methoxy groups -OCH3 is 1. The van der Waals surface area contributed by atoms with Gasteiger partial charge in [0.05, 0.1) is 13.2 Å². The van der Waals surface area contributed by atoms with Crippen molar-refractivity contribution in [3.8, 4) is 0 Å². The van der Waals surface area contributed by atoms with E-state index in [1.54, 1.807) is 31.4 Å². The highest BCUT2D eigenvalue weighted by Gasteiger charge is 2.70. The van der Waals surface area contributed by atoms with E-state index in [1.807, 2.05) is 6.07 Å². The molecule has 2 aliphatic rings. The summed E-state index contributed by atoms with van der Waals surface area (Å²) < 4.78 is 4.86. The highest BCUT2D eigenvalue weighted by atomic mass is 16.5. The van der Waals surface area contributed by atoms with Crippen molar-refractivity contribution >= 4 is 17.6 Å². The monoisotopic (exact) mass is 316 g/mol. The Morgan fingerprint density at radius 2 is 2.09 bits per heavy atom. The van der Waals surface area contributed by atoms with Crippen molar-refractivity contribution in [2.24, 2.45) is 11.3 Å². The largest absolute Gasteiger partial charge is 0.383 e. The average molecular weight is 316 g/mol. The van der Waals surface area contributed by atoms with Gasteiger partial charge < -0.3 is 15.0 Å².